The Balaban J connectivity index is 2.48. The van der Waals surface area contributed by atoms with Gasteiger partial charge in [-0.2, -0.15) is 0 Å². The number of rotatable bonds is 6. The highest BCUT2D eigenvalue weighted by Gasteiger charge is 2.17. The van der Waals surface area contributed by atoms with Crippen LogP contribution in [0.3, 0.4) is 0 Å². The van der Waals surface area contributed by atoms with Gasteiger partial charge in [-0.1, -0.05) is 13.8 Å². The monoisotopic (exact) mass is 223 g/mol. The molecule has 0 aliphatic carbocycles. The first-order chi connectivity index (χ1) is 7.57. The van der Waals surface area contributed by atoms with Crippen molar-refractivity contribution in [1.82, 2.24) is 5.32 Å². The number of methoxy groups -OCH3 is 1. The third kappa shape index (κ3) is 4.11. The molecule has 0 aliphatic heterocycles. The Bertz CT molecular complexity index is 306. The highest BCUT2D eigenvalue weighted by Crippen LogP contribution is 2.20. The Morgan fingerprint density at radius 3 is 2.19 bits per heavy atom. The van der Waals surface area contributed by atoms with Gasteiger partial charge in [0.1, 0.15) is 11.5 Å². The van der Waals surface area contributed by atoms with E-state index in [-0.39, 0.29) is 5.41 Å². The lowest BCUT2D eigenvalue weighted by Crippen LogP contribution is -2.32. The topological polar surface area (TPSA) is 30.5 Å². The van der Waals surface area contributed by atoms with Gasteiger partial charge in [-0.05, 0) is 31.3 Å². The zero-order valence-electron chi connectivity index (χ0n) is 10.5. The van der Waals surface area contributed by atoms with Crippen LogP contribution in [0, 0.1) is 5.41 Å². The predicted octanol–water partition coefficient (Wildman–Crippen LogP) is 2.32. The van der Waals surface area contributed by atoms with Gasteiger partial charge in [0.2, 0.25) is 0 Å². The van der Waals surface area contributed by atoms with Crippen LogP contribution in [0.2, 0.25) is 0 Å². The van der Waals surface area contributed by atoms with Crippen molar-refractivity contribution in [3.63, 3.8) is 0 Å². The van der Waals surface area contributed by atoms with E-state index in [0.29, 0.717) is 6.61 Å². The Hall–Kier alpha value is -1.22. The van der Waals surface area contributed by atoms with E-state index in [1.807, 2.05) is 31.3 Å². The summed E-state index contributed by atoms with van der Waals surface area (Å²) in [4.78, 5) is 0. The molecule has 3 heteroatoms. The summed E-state index contributed by atoms with van der Waals surface area (Å²) in [5.74, 6) is 1.73. The van der Waals surface area contributed by atoms with Gasteiger partial charge < -0.3 is 14.8 Å². The van der Waals surface area contributed by atoms with Crippen molar-refractivity contribution in [2.75, 3.05) is 27.3 Å². The van der Waals surface area contributed by atoms with Gasteiger partial charge in [0.15, 0.2) is 0 Å². The number of ether oxygens (including phenoxy) is 2. The zero-order chi connectivity index (χ0) is 12.0. The van der Waals surface area contributed by atoms with Gasteiger partial charge >= 0.3 is 0 Å². The van der Waals surface area contributed by atoms with Crippen LogP contribution in [0.25, 0.3) is 0 Å². The van der Waals surface area contributed by atoms with Crippen LogP contribution in [0.5, 0.6) is 11.5 Å². The minimum atomic E-state index is 0.134. The standard InChI is InChI=1S/C13H21NO2/c1-13(2,9-14-3)10-16-12-7-5-11(15-4)6-8-12/h5-8,14H,9-10H2,1-4H3. The minimum absolute atomic E-state index is 0.134. The fraction of sp³-hybridized carbons (Fsp3) is 0.538. The van der Waals surface area contributed by atoms with E-state index in [1.165, 1.54) is 0 Å². The Kier molecular flexibility index (Phi) is 4.62. The molecule has 0 spiro atoms. The molecule has 0 saturated carbocycles. The van der Waals surface area contributed by atoms with Gasteiger partial charge in [-0.25, -0.2) is 0 Å². The second-order valence-electron chi connectivity index (χ2n) is 4.66. The highest BCUT2D eigenvalue weighted by molar-refractivity contribution is 5.31. The van der Waals surface area contributed by atoms with E-state index in [0.717, 1.165) is 18.0 Å². The van der Waals surface area contributed by atoms with Gasteiger partial charge in [-0.3, -0.25) is 0 Å². The van der Waals surface area contributed by atoms with E-state index >= 15 is 0 Å². The average molecular weight is 223 g/mol. The summed E-state index contributed by atoms with van der Waals surface area (Å²) in [6.07, 6.45) is 0. The maximum atomic E-state index is 5.73. The van der Waals surface area contributed by atoms with Crippen LogP contribution in [-0.4, -0.2) is 27.3 Å². The molecule has 0 unspecified atom stereocenters. The van der Waals surface area contributed by atoms with Crippen molar-refractivity contribution in [1.29, 1.82) is 0 Å². The molecule has 0 radical (unpaired) electrons. The van der Waals surface area contributed by atoms with Gasteiger partial charge in [0.05, 0.1) is 13.7 Å². The molecule has 1 N–H and O–H groups in total. The van der Waals surface area contributed by atoms with E-state index in [4.69, 9.17) is 9.47 Å². The summed E-state index contributed by atoms with van der Waals surface area (Å²) >= 11 is 0. The number of hydrogen-bond acceptors (Lipinski definition) is 3. The smallest absolute Gasteiger partial charge is 0.119 e. The maximum Gasteiger partial charge on any atom is 0.119 e. The zero-order valence-corrected chi connectivity index (χ0v) is 10.5. The van der Waals surface area contributed by atoms with Crippen molar-refractivity contribution in [3.05, 3.63) is 24.3 Å². The summed E-state index contributed by atoms with van der Waals surface area (Å²) in [6, 6.07) is 7.66. The summed E-state index contributed by atoms with van der Waals surface area (Å²) in [7, 11) is 3.61. The third-order valence-corrected chi connectivity index (χ3v) is 2.34. The van der Waals surface area contributed by atoms with Gasteiger partial charge in [-0.15, -0.1) is 0 Å². The van der Waals surface area contributed by atoms with Crippen LogP contribution in [0.15, 0.2) is 24.3 Å². The summed E-state index contributed by atoms with van der Waals surface area (Å²) in [5.41, 5.74) is 0.134. The molecule has 1 aromatic carbocycles. The fourth-order valence-corrected chi connectivity index (χ4v) is 1.48. The molecule has 0 aromatic heterocycles. The van der Waals surface area contributed by atoms with Gasteiger partial charge in [0, 0.05) is 12.0 Å². The van der Waals surface area contributed by atoms with Crippen molar-refractivity contribution >= 4 is 0 Å². The molecule has 1 rings (SSSR count). The van der Waals surface area contributed by atoms with Crippen molar-refractivity contribution in [2.45, 2.75) is 13.8 Å². The summed E-state index contributed by atoms with van der Waals surface area (Å²) < 4.78 is 10.8. The molecule has 16 heavy (non-hydrogen) atoms. The molecule has 0 fully saturated rings. The van der Waals surface area contributed by atoms with E-state index in [2.05, 4.69) is 19.2 Å². The first-order valence-corrected chi connectivity index (χ1v) is 5.49. The highest BCUT2D eigenvalue weighted by atomic mass is 16.5. The largest absolute Gasteiger partial charge is 0.497 e. The number of hydrogen-bond donors (Lipinski definition) is 1. The van der Waals surface area contributed by atoms with Crippen LogP contribution < -0.4 is 14.8 Å². The number of nitrogens with one attached hydrogen (secondary N) is 1. The lowest BCUT2D eigenvalue weighted by molar-refractivity contribution is 0.179. The van der Waals surface area contributed by atoms with E-state index in [9.17, 15) is 0 Å². The van der Waals surface area contributed by atoms with Crippen LogP contribution >= 0.6 is 0 Å². The molecule has 0 heterocycles. The Morgan fingerprint density at radius 2 is 1.69 bits per heavy atom. The second kappa shape index (κ2) is 5.75. The molecule has 0 amide bonds. The molecule has 0 saturated heterocycles. The van der Waals surface area contributed by atoms with Crippen LogP contribution in [-0.2, 0) is 0 Å². The fourth-order valence-electron chi connectivity index (χ4n) is 1.48. The van der Waals surface area contributed by atoms with Crippen LogP contribution in [0.4, 0.5) is 0 Å². The van der Waals surface area contributed by atoms with Crippen LogP contribution in [0.1, 0.15) is 13.8 Å². The lowest BCUT2D eigenvalue weighted by atomic mass is 9.95. The van der Waals surface area contributed by atoms with Gasteiger partial charge in [0.25, 0.3) is 0 Å². The summed E-state index contributed by atoms with van der Waals surface area (Å²) in [6.45, 7) is 5.98. The lowest BCUT2D eigenvalue weighted by Gasteiger charge is -2.24. The average Bonchev–Trinajstić information content (AvgIpc) is 2.27. The molecule has 3 nitrogen and oxygen atoms in total. The number of benzene rings is 1. The second-order valence-corrected chi connectivity index (χ2v) is 4.66. The molecule has 90 valence electrons. The van der Waals surface area contributed by atoms with Crippen molar-refractivity contribution < 1.29 is 9.47 Å². The van der Waals surface area contributed by atoms with E-state index in [1.54, 1.807) is 7.11 Å². The summed E-state index contributed by atoms with van der Waals surface area (Å²) in [5, 5.41) is 3.16. The SMILES string of the molecule is CNCC(C)(C)COc1ccc(OC)cc1. The minimum Gasteiger partial charge on any atom is -0.497 e. The molecular formula is C13H21NO2. The molecule has 0 atom stereocenters. The molecular weight excluding hydrogens is 202 g/mol. The van der Waals surface area contributed by atoms with Crippen molar-refractivity contribution in [2.24, 2.45) is 5.41 Å². The third-order valence-electron chi connectivity index (χ3n) is 2.34. The predicted molar refractivity (Wildman–Crippen MR) is 66.2 cm³/mol. The van der Waals surface area contributed by atoms with E-state index < -0.39 is 0 Å². The van der Waals surface area contributed by atoms with Crippen molar-refractivity contribution in [3.8, 4) is 11.5 Å². The molecule has 0 aliphatic rings. The quantitative estimate of drug-likeness (QED) is 0.803. The Labute approximate surface area is 97.8 Å². The first kappa shape index (κ1) is 12.8. The Morgan fingerprint density at radius 1 is 1.12 bits per heavy atom. The first-order valence-electron chi connectivity index (χ1n) is 5.49. The molecule has 1 aromatic rings. The normalized spacial score (nSPS) is 11.2. The molecule has 0 bridgehead atoms. The maximum absolute atomic E-state index is 5.73.